The zero-order chi connectivity index (χ0) is 10.3. The van der Waals surface area contributed by atoms with Gasteiger partial charge in [0.15, 0.2) is 0 Å². The molecule has 3 nitrogen and oxygen atoms in total. The van der Waals surface area contributed by atoms with Crippen LogP contribution in [0.25, 0.3) is 0 Å². The fraction of sp³-hybridized carbons (Fsp3) is 0.889. The van der Waals surface area contributed by atoms with E-state index in [1.807, 2.05) is 11.8 Å². The molecule has 0 saturated carbocycles. The third kappa shape index (κ3) is 6.90. The molecule has 0 aromatic carbocycles. The number of carbonyl (C=O) groups excluding carboxylic acids is 1. The van der Waals surface area contributed by atoms with E-state index in [-0.39, 0.29) is 11.9 Å². The van der Waals surface area contributed by atoms with Gasteiger partial charge in [-0.3, -0.25) is 4.79 Å². The normalized spacial score (nSPS) is 13.2. The van der Waals surface area contributed by atoms with Crippen LogP contribution in [0.5, 0.6) is 0 Å². The first-order chi connectivity index (χ1) is 6.07. The summed E-state index contributed by atoms with van der Waals surface area (Å²) >= 11 is 1.87. The molecule has 0 heterocycles. The van der Waals surface area contributed by atoms with Gasteiger partial charge in [-0.2, -0.15) is 11.8 Å². The van der Waals surface area contributed by atoms with Crippen molar-refractivity contribution in [3.63, 3.8) is 0 Å². The maximum absolute atomic E-state index is 10.8. The molecule has 78 valence electrons. The van der Waals surface area contributed by atoms with Crippen molar-refractivity contribution in [2.75, 3.05) is 18.6 Å². The van der Waals surface area contributed by atoms with E-state index in [2.05, 4.69) is 19.2 Å². The van der Waals surface area contributed by atoms with Crippen LogP contribution in [-0.2, 0) is 4.79 Å². The molecule has 0 aliphatic carbocycles. The summed E-state index contributed by atoms with van der Waals surface area (Å²) in [5.41, 5.74) is 5.18. The molecule has 0 aromatic heterocycles. The van der Waals surface area contributed by atoms with Crippen LogP contribution in [0.4, 0.5) is 0 Å². The smallest absolute Gasteiger partial charge is 0.234 e. The van der Waals surface area contributed by atoms with Crippen LogP contribution in [-0.4, -0.2) is 30.5 Å². The number of nitrogens with two attached hydrogens (primary N) is 1. The minimum Gasteiger partial charge on any atom is -0.368 e. The number of amides is 1. The molecule has 0 rings (SSSR count). The Balaban J connectivity index is 3.44. The first kappa shape index (κ1) is 12.8. The summed E-state index contributed by atoms with van der Waals surface area (Å²) in [6.07, 6.45) is 0.823. The van der Waals surface area contributed by atoms with E-state index >= 15 is 0 Å². The molecule has 0 spiro atoms. The monoisotopic (exact) mass is 204 g/mol. The van der Waals surface area contributed by atoms with Crippen molar-refractivity contribution in [2.45, 2.75) is 26.3 Å². The quantitative estimate of drug-likeness (QED) is 0.604. The summed E-state index contributed by atoms with van der Waals surface area (Å²) in [6, 6.07) is -0.167. The molecule has 0 aliphatic heterocycles. The Morgan fingerprint density at radius 3 is 2.54 bits per heavy atom. The number of nitrogens with one attached hydrogen (secondary N) is 1. The number of thioether (sulfide) groups is 1. The van der Waals surface area contributed by atoms with E-state index in [1.54, 1.807) is 7.05 Å². The van der Waals surface area contributed by atoms with Crippen molar-refractivity contribution in [3.8, 4) is 0 Å². The van der Waals surface area contributed by atoms with Gasteiger partial charge >= 0.3 is 0 Å². The second kappa shape index (κ2) is 7.21. The van der Waals surface area contributed by atoms with Crippen LogP contribution in [0.15, 0.2) is 0 Å². The molecule has 4 heteroatoms. The van der Waals surface area contributed by atoms with E-state index < -0.39 is 0 Å². The molecule has 13 heavy (non-hydrogen) atoms. The number of hydrogen-bond acceptors (Lipinski definition) is 3. The maximum atomic E-state index is 10.8. The average molecular weight is 204 g/mol. The lowest BCUT2D eigenvalue weighted by molar-refractivity contribution is -0.119. The van der Waals surface area contributed by atoms with Crippen molar-refractivity contribution in [2.24, 2.45) is 11.7 Å². The highest BCUT2D eigenvalue weighted by molar-refractivity contribution is 7.99. The minimum absolute atomic E-state index is 0.167. The lowest BCUT2D eigenvalue weighted by Crippen LogP contribution is -2.39. The third-order valence-electron chi connectivity index (χ3n) is 1.69. The number of carbonyl (C=O) groups is 1. The second-order valence-corrected chi connectivity index (χ2v) is 4.65. The predicted octanol–water partition coefficient (Wildman–Crippen LogP) is 0.839. The summed E-state index contributed by atoms with van der Waals surface area (Å²) in [4.78, 5) is 10.8. The summed E-state index contributed by atoms with van der Waals surface area (Å²) in [5.74, 6) is 2.60. The predicted molar refractivity (Wildman–Crippen MR) is 58.8 cm³/mol. The molecule has 1 amide bonds. The molecule has 0 aliphatic rings. The summed E-state index contributed by atoms with van der Waals surface area (Å²) < 4.78 is 0. The first-order valence-corrected chi connectivity index (χ1v) is 5.77. The Hall–Kier alpha value is -0.220. The standard InChI is InChI=1S/C9H20N2OS/c1-7(2)6-13-5-4-8(11-3)9(10)12/h7-8,11H,4-6H2,1-3H3,(H2,10,12). The van der Waals surface area contributed by atoms with E-state index in [0.717, 1.165) is 17.9 Å². The van der Waals surface area contributed by atoms with Crippen molar-refractivity contribution < 1.29 is 4.79 Å². The largest absolute Gasteiger partial charge is 0.368 e. The molecular weight excluding hydrogens is 184 g/mol. The number of likely N-dealkylation sites (N-methyl/N-ethyl adjacent to an activating group) is 1. The highest BCUT2D eigenvalue weighted by atomic mass is 32.2. The fourth-order valence-corrected chi connectivity index (χ4v) is 1.99. The number of rotatable bonds is 7. The van der Waals surface area contributed by atoms with Crippen LogP contribution in [0, 0.1) is 5.92 Å². The van der Waals surface area contributed by atoms with E-state index in [1.165, 1.54) is 0 Å². The number of primary amides is 1. The molecule has 1 atom stereocenters. The van der Waals surface area contributed by atoms with Crippen LogP contribution < -0.4 is 11.1 Å². The van der Waals surface area contributed by atoms with Crippen molar-refractivity contribution >= 4 is 17.7 Å². The molecule has 0 bridgehead atoms. The van der Waals surface area contributed by atoms with Gasteiger partial charge in [0.1, 0.15) is 0 Å². The van der Waals surface area contributed by atoms with Gasteiger partial charge in [0.2, 0.25) is 5.91 Å². The Bertz CT molecular complexity index is 151. The van der Waals surface area contributed by atoms with Crippen molar-refractivity contribution in [1.29, 1.82) is 0 Å². The topological polar surface area (TPSA) is 55.1 Å². The first-order valence-electron chi connectivity index (χ1n) is 4.62. The Labute approximate surface area is 84.8 Å². The average Bonchev–Trinajstić information content (AvgIpc) is 2.03. The second-order valence-electron chi connectivity index (χ2n) is 3.50. The number of hydrogen-bond donors (Lipinski definition) is 2. The Kier molecular flexibility index (Phi) is 7.09. The van der Waals surface area contributed by atoms with Gasteiger partial charge in [0.25, 0.3) is 0 Å². The minimum atomic E-state index is -0.257. The van der Waals surface area contributed by atoms with E-state index in [0.29, 0.717) is 5.92 Å². The molecule has 0 aromatic rings. The molecule has 1 unspecified atom stereocenters. The fourth-order valence-electron chi connectivity index (χ4n) is 0.949. The van der Waals surface area contributed by atoms with E-state index in [4.69, 9.17) is 5.73 Å². The lowest BCUT2D eigenvalue weighted by atomic mass is 10.2. The molecule has 3 N–H and O–H groups in total. The van der Waals surface area contributed by atoms with Gasteiger partial charge in [-0.15, -0.1) is 0 Å². The SMILES string of the molecule is CNC(CCSCC(C)C)C(N)=O. The van der Waals surface area contributed by atoms with Crippen molar-refractivity contribution in [3.05, 3.63) is 0 Å². The maximum Gasteiger partial charge on any atom is 0.234 e. The van der Waals surface area contributed by atoms with Crippen LogP contribution in [0.1, 0.15) is 20.3 Å². The van der Waals surface area contributed by atoms with Crippen LogP contribution >= 0.6 is 11.8 Å². The zero-order valence-electron chi connectivity index (χ0n) is 8.67. The van der Waals surface area contributed by atoms with Gasteiger partial charge in [-0.05, 0) is 30.9 Å². The van der Waals surface area contributed by atoms with Crippen LogP contribution in [0.2, 0.25) is 0 Å². The van der Waals surface area contributed by atoms with Gasteiger partial charge in [0.05, 0.1) is 6.04 Å². The van der Waals surface area contributed by atoms with Gasteiger partial charge in [0, 0.05) is 0 Å². The molecule has 0 fully saturated rings. The molecule has 0 saturated heterocycles. The Morgan fingerprint density at radius 1 is 1.54 bits per heavy atom. The van der Waals surface area contributed by atoms with Gasteiger partial charge < -0.3 is 11.1 Å². The van der Waals surface area contributed by atoms with Crippen molar-refractivity contribution in [1.82, 2.24) is 5.32 Å². The van der Waals surface area contributed by atoms with Crippen LogP contribution in [0.3, 0.4) is 0 Å². The third-order valence-corrected chi connectivity index (χ3v) is 3.12. The zero-order valence-corrected chi connectivity index (χ0v) is 9.49. The highest BCUT2D eigenvalue weighted by Crippen LogP contribution is 2.09. The van der Waals surface area contributed by atoms with E-state index in [9.17, 15) is 4.79 Å². The Morgan fingerprint density at radius 2 is 2.15 bits per heavy atom. The highest BCUT2D eigenvalue weighted by Gasteiger charge is 2.11. The molecule has 0 radical (unpaired) electrons. The van der Waals surface area contributed by atoms with Gasteiger partial charge in [-0.25, -0.2) is 0 Å². The summed E-state index contributed by atoms with van der Waals surface area (Å²) in [6.45, 7) is 4.38. The molecular formula is C9H20N2OS. The summed E-state index contributed by atoms with van der Waals surface area (Å²) in [5, 5.41) is 2.90. The summed E-state index contributed by atoms with van der Waals surface area (Å²) in [7, 11) is 1.77. The van der Waals surface area contributed by atoms with Gasteiger partial charge in [-0.1, -0.05) is 13.8 Å². The lowest BCUT2D eigenvalue weighted by Gasteiger charge is -2.11.